The van der Waals surface area contributed by atoms with Gasteiger partial charge in [0.05, 0.1) is 4.68 Å². The third-order valence-electron chi connectivity index (χ3n) is 0.841. The van der Waals surface area contributed by atoms with E-state index in [1.807, 2.05) is 0 Å². The molecule has 0 spiro atoms. The average Bonchev–Trinajstić information content (AvgIpc) is 2.31. The van der Waals surface area contributed by atoms with Gasteiger partial charge in [-0.1, -0.05) is 0 Å². The fourth-order valence-corrected chi connectivity index (χ4v) is 0.483. The summed E-state index contributed by atoms with van der Waals surface area (Å²) in [7, 11) is 1.76. The van der Waals surface area contributed by atoms with Gasteiger partial charge in [0.15, 0.2) is 13.1 Å². The van der Waals surface area contributed by atoms with Crippen LogP contribution in [0.1, 0.15) is 0 Å². The lowest BCUT2D eigenvalue weighted by Crippen LogP contribution is -1.95. The van der Waals surface area contributed by atoms with Crippen LogP contribution < -0.4 is 0 Å². The predicted molar refractivity (Wildman–Crippen MR) is 36.6 cm³/mol. The summed E-state index contributed by atoms with van der Waals surface area (Å²) < 4.78 is 2.99. The Kier molecular flexibility index (Phi) is 1.66. The van der Waals surface area contributed by atoms with Crippen molar-refractivity contribution in [1.82, 2.24) is 0 Å². The van der Waals surface area contributed by atoms with Crippen LogP contribution in [0.15, 0.2) is 5.10 Å². The van der Waals surface area contributed by atoms with Crippen molar-refractivity contribution >= 4 is 12.3 Å². The summed E-state index contributed by atoms with van der Waals surface area (Å²) in [5.74, 6) is 4.62. The molecule has 3 nitrogen and oxygen atoms in total. The summed E-state index contributed by atoms with van der Waals surface area (Å²) in [5, 5.41) is 3.82. The van der Waals surface area contributed by atoms with Crippen molar-refractivity contribution in [2.24, 2.45) is 5.10 Å². The highest BCUT2D eigenvalue weighted by atomic mass is 15.4. The normalized spacial score (nSPS) is 12.8. The zero-order valence-electron chi connectivity index (χ0n) is 5.50. The van der Waals surface area contributed by atoms with Gasteiger partial charge >= 0.3 is 12.3 Å². The number of hydrogen-bond donors (Lipinski definition) is 0. The lowest BCUT2D eigenvalue weighted by atomic mass is 10.7. The van der Waals surface area contributed by atoms with Crippen molar-refractivity contribution < 1.29 is 9.26 Å². The standard InChI is InChI=1S/C7H5N3/c1-3-4-5-10-6-8-9(2)7-10/h1,6H,2H3/q+2. The van der Waals surface area contributed by atoms with E-state index in [1.54, 1.807) is 7.05 Å². The van der Waals surface area contributed by atoms with Crippen LogP contribution in [0, 0.1) is 24.3 Å². The van der Waals surface area contributed by atoms with Gasteiger partial charge in [-0.15, -0.1) is 6.42 Å². The molecule has 0 N–H and O–H groups in total. The van der Waals surface area contributed by atoms with Crippen molar-refractivity contribution in [3.05, 3.63) is 0 Å². The van der Waals surface area contributed by atoms with E-state index in [2.05, 4.69) is 29.0 Å². The lowest BCUT2D eigenvalue weighted by molar-refractivity contribution is -0.498. The molecule has 0 saturated carbocycles. The fraction of sp³-hybridized carbons (Fsp3) is 0.143. The SMILES string of the molecule is C#CC#C[N+]1=C=[N+](C)N=C1. The molecule has 0 atom stereocenters. The Bertz CT molecular complexity index is 337. The van der Waals surface area contributed by atoms with Crippen molar-refractivity contribution in [2.45, 2.75) is 0 Å². The maximum Gasteiger partial charge on any atom is 0.434 e. The van der Waals surface area contributed by atoms with Gasteiger partial charge in [-0.05, 0) is 10.5 Å². The van der Waals surface area contributed by atoms with Crippen LogP contribution in [0.2, 0.25) is 0 Å². The minimum atomic E-state index is 1.47. The second kappa shape index (κ2) is 2.64. The molecule has 46 valence electrons. The minimum absolute atomic E-state index is 1.47. The van der Waals surface area contributed by atoms with Gasteiger partial charge in [0.2, 0.25) is 5.10 Å². The third kappa shape index (κ3) is 1.32. The van der Waals surface area contributed by atoms with Crippen LogP contribution in [0.4, 0.5) is 0 Å². The van der Waals surface area contributed by atoms with E-state index in [1.165, 1.54) is 15.6 Å². The molecule has 1 heterocycles. The quantitative estimate of drug-likeness (QED) is 0.308. The highest BCUT2D eigenvalue weighted by Crippen LogP contribution is 1.73. The van der Waals surface area contributed by atoms with Gasteiger partial charge in [0.25, 0.3) is 0 Å². The first-order valence-electron chi connectivity index (χ1n) is 2.62. The van der Waals surface area contributed by atoms with Crippen LogP contribution in [-0.4, -0.2) is 28.7 Å². The van der Waals surface area contributed by atoms with Crippen molar-refractivity contribution in [3.8, 4) is 24.3 Å². The summed E-state index contributed by atoms with van der Waals surface area (Å²) in [5.41, 5.74) is 0. The number of hydrogen-bond acceptors (Lipinski definition) is 1. The first-order chi connectivity index (χ1) is 4.83. The van der Waals surface area contributed by atoms with Crippen LogP contribution in [0.3, 0.4) is 0 Å². The molecule has 0 aromatic heterocycles. The third-order valence-corrected chi connectivity index (χ3v) is 0.841. The molecular weight excluding hydrogens is 126 g/mol. The first-order valence-corrected chi connectivity index (χ1v) is 2.62. The van der Waals surface area contributed by atoms with Gasteiger partial charge in [0.1, 0.15) is 0 Å². The maximum atomic E-state index is 4.91. The Morgan fingerprint density at radius 3 is 3.00 bits per heavy atom. The van der Waals surface area contributed by atoms with Gasteiger partial charge in [0, 0.05) is 5.92 Å². The number of rotatable bonds is 0. The highest BCUT2D eigenvalue weighted by molar-refractivity contribution is 5.53. The fourth-order valence-electron chi connectivity index (χ4n) is 0.483. The maximum absolute atomic E-state index is 4.91. The summed E-state index contributed by atoms with van der Waals surface area (Å²) in [6.07, 6.45) is 6.44. The highest BCUT2D eigenvalue weighted by Gasteiger charge is 2.11. The first kappa shape index (κ1) is 6.29. The van der Waals surface area contributed by atoms with Gasteiger partial charge in [-0.3, -0.25) is 0 Å². The summed E-state index contributed by atoms with van der Waals surface area (Å²) in [6, 6.07) is 5.37. The van der Waals surface area contributed by atoms with Gasteiger partial charge in [-0.2, -0.15) is 0 Å². The molecule has 0 fully saturated rings. The van der Waals surface area contributed by atoms with Crippen molar-refractivity contribution in [1.29, 1.82) is 0 Å². The van der Waals surface area contributed by atoms with E-state index in [4.69, 9.17) is 6.42 Å². The molecule has 3 heteroatoms. The molecule has 0 amide bonds. The van der Waals surface area contributed by atoms with Crippen LogP contribution in [-0.2, 0) is 0 Å². The Labute approximate surface area is 59.0 Å². The second-order valence-electron chi connectivity index (χ2n) is 1.61. The van der Waals surface area contributed by atoms with Crippen LogP contribution in [0.25, 0.3) is 0 Å². The second-order valence-corrected chi connectivity index (χ2v) is 1.61. The van der Waals surface area contributed by atoms with E-state index < -0.39 is 0 Å². The molecular formula is C7H5N3+2. The summed E-state index contributed by atoms with van der Waals surface area (Å²) in [4.78, 5) is 0. The topological polar surface area (TPSA) is 18.4 Å². The molecule has 0 aromatic carbocycles. The Balaban J connectivity index is 2.92. The molecule has 0 aliphatic carbocycles. The van der Waals surface area contributed by atoms with Gasteiger partial charge < -0.3 is 0 Å². The molecule has 1 aliphatic rings. The molecule has 1 rings (SSSR count). The Morgan fingerprint density at radius 2 is 2.50 bits per heavy atom. The average molecular weight is 131 g/mol. The summed E-state index contributed by atoms with van der Waals surface area (Å²) in [6.45, 7) is 0. The van der Waals surface area contributed by atoms with E-state index in [-0.39, 0.29) is 0 Å². The van der Waals surface area contributed by atoms with E-state index >= 15 is 0 Å². The molecule has 1 aliphatic heterocycles. The molecule has 0 radical (unpaired) electrons. The number of terminal acetylenes is 1. The van der Waals surface area contributed by atoms with E-state index in [0.717, 1.165) is 0 Å². The molecule has 0 aromatic rings. The summed E-state index contributed by atoms with van der Waals surface area (Å²) >= 11 is 0. The van der Waals surface area contributed by atoms with Crippen LogP contribution in [0.5, 0.6) is 0 Å². The van der Waals surface area contributed by atoms with E-state index in [9.17, 15) is 0 Å². The van der Waals surface area contributed by atoms with Crippen LogP contribution >= 0.6 is 0 Å². The van der Waals surface area contributed by atoms with Gasteiger partial charge in [-0.25, -0.2) is 0 Å². The zero-order chi connectivity index (χ0) is 7.40. The largest absolute Gasteiger partial charge is 0.434 e. The smallest absolute Gasteiger partial charge is 0.106 e. The lowest BCUT2D eigenvalue weighted by Gasteiger charge is -1.57. The molecule has 0 saturated heterocycles. The van der Waals surface area contributed by atoms with E-state index in [0.29, 0.717) is 0 Å². The zero-order valence-corrected chi connectivity index (χ0v) is 5.50. The molecule has 10 heavy (non-hydrogen) atoms. The molecule has 0 unspecified atom stereocenters. The predicted octanol–water partition coefficient (Wildman–Crippen LogP) is -0.634. The number of hydrazone groups is 1. The monoisotopic (exact) mass is 131 g/mol. The number of nitrogens with zero attached hydrogens (tertiary/aromatic N) is 3. The van der Waals surface area contributed by atoms with Crippen molar-refractivity contribution in [2.75, 3.05) is 7.05 Å². The Hall–Kier alpha value is -1.83. The minimum Gasteiger partial charge on any atom is -0.106 e. The Morgan fingerprint density at radius 1 is 1.70 bits per heavy atom. The molecule has 0 bridgehead atoms. The van der Waals surface area contributed by atoms with Crippen molar-refractivity contribution in [3.63, 3.8) is 0 Å².